The number of halogens is 2. The summed E-state index contributed by atoms with van der Waals surface area (Å²) in [5.41, 5.74) is 1.18. The predicted octanol–water partition coefficient (Wildman–Crippen LogP) is 4.54. The Labute approximate surface area is 90.1 Å². The van der Waals surface area contributed by atoms with Crippen LogP contribution in [0.3, 0.4) is 0 Å². The van der Waals surface area contributed by atoms with Crippen molar-refractivity contribution in [3.05, 3.63) is 35.6 Å². The van der Waals surface area contributed by atoms with Gasteiger partial charge in [0.25, 0.3) is 0 Å². The van der Waals surface area contributed by atoms with Crippen LogP contribution in [0.15, 0.2) is 24.3 Å². The zero-order valence-electron chi connectivity index (χ0n) is 8.85. The predicted molar refractivity (Wildman–Crippen MR) is 59.1 cm³/mol. The third kappa shape index (κ3) is 3.67. The van der Waals surface area contributed by atoms with Crippen LogP contribution < -0.4 is 0 Å². The minimum absolute atomic E-state index is 0.0319. The molecule has 0 bridgehead atoms. The van der Waals surface area contributed by atoms with Crippen LogP contribution in [0.2, 0.25) is 0 Å². The van der Waals surface area contributed by atoms with Gasteiger partial charge in [-0.2, -0.15) is 0 Å². The highest BCUT2D eigenvalue weighted by Gasteiger charge is 2.17. The van der Waals surface area contributed by atoms with Gasteiger partial charge in [0.05, 0.1) is 5.38 Å². The molecule has 0 fully saturated rings. The molecule has 2 heteroatoms. The van der Waals surface area contributed by atoms with Crippen molar-refractivity contribution >= 4 is 11.6 Å². The highest BCUT2D eigenvalue weighted by Crippen LogP contribution is 2.33. The molecule has 0 radical (unpaired) electrons. The third-order valence-electron chi connectivity index (χ3n) is 2.02. The summed E-state index contributed by atoms with van der Waals surface area (Å²) in [4.78, 5) is 0. The Morgan fingerprint density at radius 1 is 1.21 bits per heavy atom. The summed E-state index contributed by atoms with van der Waals surface area (Å²) in [5, 5.41) is -0.0319. The maximum atomic E-state index is 12.6. The van der Waals surface area contributed by atoms with Gasteiger partial charge < -0.3 is 0 Å². The van der Waals surface area contributed by atoms with Gasteiger partial charge in [-0.05, 0) is 29.5 Å². The molecule has 14 heavy (non-hydrogen) atoms. The fourth-order valence-electron chi connectivity index (χ4n) is 1.33. The first-order valence-electron chi connectivity index (χ1n) is 4.78. The molecular formula is C12H16ClF. The van der Waals surface area contributed by atoms with Crippen molar-refractivity contribution in [3.8, 4) is 0 Å². The van der Waals surface area contributed by atoms with Crippen LogP contribution in [0.4, 0.5) is 4.39 Å². The van der Waals surface area contributed by atoms with Crippen LogP contribution >= 0.6 is 11.6 Å². The van der Waals surface area contributed by atoms with E-state index >= 15 is 0 Å². The SMILES string of the molecule is CC(C)(C)CC(Cl)c1ccc(F)cc1. The second-order valence-corrected chi connectivity index (χ2v) is 5.31. The Hall–Kier alpha value is -0.560. The molecule has 0 aliphatic heterocycles. The normalized spacial score (nSPS) is 14.1. The lowest BCUT2D eigenvalue weighted by atomic mass is 9.88. The minimum Gasteiger partial charge on any atom is -0.207 e. The van der Waals surface area contributed by atoms with E-state index in [1.165, 1.54) is 12.1 Å². The Balaban J connectivity index is 2.70. The van der Waals surface area contributed by atoms with E-state index in [0.717, 1.165) is 12.0 Å². The number of hydrogen-bond acceptors (Lipinski definition) is 0. The van der Waals surface area contributed by atoms with E-state index in [-0.39, 0.29) is 16.6 Å². The molecule has 0 aliphatic rings. The second-order valence-electron chi connectivity index (χ2n) is 4.78. The number of alkyl halides is 1. The van der Waals surface area contributed by atoms with Crippen LogP contribution in [0, 0.1) is 11.2 Å². The lowest BCUT2D eigenvalue weighted by molar-refractivity contribution is 0.372. The van der Waals surface area contributed by atoms with E-state index in [0.29, 0.717) is 0 Å². The van der Waals surface area contributed by atoms with E-state index < -0.39 is 0 Å². The maximum absolute atomic E-state index is 12.6. The average molecular weight is 215 g/mol. The molecule has 0 saturated carbocycles. The lowest BCUT2D eigenvalue weighted by Gasteiger charge is -2.21. The van der Waals surface area contributed by atoms with Crippen LogP contribution in [-0.2, 0) is 0 Å². The van der Waals surface area contributed by atoms with Gasteiger partial charge in [-0.15, -0.1) is 11.6 Å². The topological polar surface area (TPSA) is 0 Å². The zero-order chi connectivity index (χ0) is 10.8. The largest absolute Gasteiger partial charge is 0.207 e. The fourth-order valence-corrected chi connectivity index (χ4v) is 1.94. The molecule has 1 rings (SSSR count). The Bertz CT molecular complexity index is 284. The molecule has 0 heterocycles. The molecule has 1 atom stereocenters. The Morgan fingerprint density at radius 2 is 1.71 bits per heavy atom. The molecule has 0 saturated heterocycles. The first kappa shape index (κ1) is 11.5. The van der Waals surface area contributed by atoms with Gasteiger partial charge in [-0.1, -0.05) is 32.9 Å². The molecule has 0 spiro atoms. The van der Waals surface area contributed by atoms with Gasteiger partial charge in [-0.3, -0.25) is 0 Å². The molecule has 1 aromatic rings. The number of rotatable bonds is 2. The first-order valence-corrected chi connectivity index (χ1v) is 5.22. The number of hydrogen-bond donors (Lipinski definition) is 0. The van der Waals surface area contributed by atoms with Crippen molar-refractivity contribution in [2.45, 2.75) is 32.6 Å². The van der Waals surface area contributed by atoms with E-state index in [1.807, 2.05) is 0 Å². The van der Waals surface area contributed by atoms with Gasteiger partial charge in [-0.25, -0.2) is 4.39 Å². The molecule has 78 valence electrons. The Kier molecular flexibility index (Phi) is 3.54. The van der Waals surface area contributed by atoms with E-state index in [4.69, 9.17) is 11.6 Å². The Morgan fingerprint density at radius 3 is 2.14 bits per heavy atom. The fraction of sp³-hybridized carbons (Fsp3) is 0.500. The van der Waals surface area contributed by atoms with Crippen molar-refractivity contribution in [1.82, 2.24) is 0 Å². The molecule has 0 nitrogen and oxygen atoms in total. The summed E-state index contributed by atoms with van der Waals surface area (Å²) in [6.07, 6.45) is 0.889. The van der Waals surface area contributed by atoms with Gasteiger partial charge in [0.15, 0.2) is 0 Å². The lowest BCUT2D eigenvalue weighted by Crippen LogP contribution is -2.08. The first-order chi connectivity index (χ1) is 6.38. The standard InChI is InChI=1S/C12H16ClF/c1-12(2,3)8-11(13)9-4-6-10(14)7-5-9/h4-7,11H,8H2,1-3H3. The minimum atomic E-state index is -0.214. The van der Waals surface area contributed by atoms with Crippen molar-refractivity contribution in [2.24, 2.45) is 5.41 Å². The van der Waals surface area contributed by atoms with Crippen LogP contribution in [0.25, 0.3) is 0 Å². The summed E-state index contributed by atoms with van der Waals surface area (Å²) in [6, 6.07) is 6.40. The van der Waals surface area contributed by atoms with E-state index in [9.17, 15) is 4.39 Å². The van der Waals surface area contributed by atoms with Gasteiger partial charge in [0, 0.05) is 0 Å². The quantitative estimate of drug-likeness (QED) is 0.634. The summed E-state index contributed by atoms with van der Waals surface area (Å²) in [5.74, 6) is -0.214. The van der Waals surface area contributed by atoms with Gasteiger partial charge in [0.2, 0.25) is 0 Å². The highest BCUT2D eigenvalue weighted by molar-refractivity contribution is 6.20. The molecule has 0 aromatic heterocycles. The summed E-state index contributed by atoms with van der Waals surface area (Å²) >= 11 is 6.22. The van der Waals surface area contributed by atoms with Crippen LogP contribution in [0.1, 0.15) is 38.1 Å². The maximum Gasteiger partial charge on any atom is 0.123 e. The average Bonchev–Trinajstić information content (AvgIpc) is 2.02. The van der Waals surface area contributed by atoms with E-state index in [1.54, 1.807) is 12.1 Å². The summed E-state index contributed by atoms with van der Waals surface area (Å²) in [7, 11) is 0. The number of benzene rings is 1. The van der Waals surface area contributed by atoms with Crippen molar-refractivity contribution in [3.63, 3.8) is 0 Å². The van der Waals surface area contributed by atoms with Gasteiger partial charge in [0.1, 0.15) is 5.82 Å². The van der Waals surface area contributed by atoms with Crippen molar-refractivity contribution < 1.29 is 4.39 Å². The highest BCUT2D eigenvalue weighted by atomic mass is 35.5. The summed E-state index contributed by atoms with van der Waals surface area (Å²) < 4.78 is 12.6. The van der Waals surface area contributed by atoms with Crippen molar-refractivity contribution in [2.75, 3.05) is 0 Å². The molecule has 0 amide bonds. The summed E-state index contributed by atoms with van der Waals surface area (Å²) in [6.45, 7) is 6.43. The monoisotopic (exact) mass is 214 g/mol. The molecule has 0 N–H and O–H groups in total. The molecule has 1 unspecified atom stereocenters. The van der Waals surface area contributed by atoms with Crippen LogP contribution in [0.5, 0.6) is 0 Å². The van der Waals surface area contributed by atoms with Crippen molar-refractivity contribution in [1.29, 1.82) is 0 Å². The molecule has 0 aliphatic carbocycles. The zero-order valence-corrected chi connectivity index (χ0v) is 9.61. The van der Waals surface area contributed by atoms with Gasteiger partial charge >= 0.3 is 0 Å². The third-order valence-corrected chi connectivity index (χ3v) is 2.43. The van der Waals surface area contributed by atoms with E-state index in [2.05, 4.69) is 20.8 Å². The molecule has 1 aromatic carbocycles. The second kappa shape index (κ2) is 4.31. The smallest absolute Gasteiger partial charge is 0.123 e. The van der Waals surface area contributed by atoms with Crippen LogP contribution in [-0.4, -0.2) is 0 Å². The molecular weight excluding hydrogens is 199 g/mol.